The molecule has 2 saturated heterocycles. The fourth-order valence-corrected chi connectivity index (χ4v) is 3.32. The zero-order chi connectivity index (χ0) is 20.9. The van der Waals surface area contributed by atoms with Crippen LogP contribution in [0.15, 0.2) is 0 Å². The second-order valence-electron chi connectivity index (χ2n) is 8.28. The van der Waals surface area contributed by atoms with Crippen molar-refractivity contribution < 1.29 is 32.2 Å². The monoisotopic (exact) mass is 409 g/mol. The third-order valence-electron chi connectivity index (χ3n) is 4.76. The van der Waals surface area contributed by atoms with Crippen molar-refractivity contribution in [3.63, 3.8) is 0 Å². The number of ether oxygens (including phenoxy) is 2. The molecule has 0 aliphatic carbocycles. The van der Waals surface area contributed by atoms with Crippen molar-refractivity contribution in [2.75, 3.05) is 26.2 Å². The first-order valence-electron chi connectivity index (χ1n) is 9.66. The van der Waals surface area contributed by atoms with Gasteiger partial charge in [-0.3, -0.25) is 4.79 Å². The van der Waals surface area contributed by atoms with Gasteiger partial charge in [-0.15, -0.1) is 0 Å². The average molecular weight is 409 g/mol. The van der Waals surface area contributed by atoms with Crippen molar-refractivity contribution in [3.05, 3.63) is 0 Å². The number of hydrogen-bond donors (Lipinski definition) is 2. The molecule has 0 aromatic carbocycles. The molecule has 2 aliphatic heterocycles. The minimum Gasteiger partial charge on any atom is -0.444 e. The maximum atomic E-state index is 12.5. The molecule has 0 aromatic rings. The summed E-state index contributed by atoms with van der Waals surface area (Å²) in [5.41, 5.74) is -0.549. The van der Waals surface area contributed by atoms with Crippen LogP contribution in [0.25, 0.3) is 0 Å². The van der Waals surface area contributed by atoms with Crippen LogP contribution in [0.5, 0.6) is 0 Å². The number of halogens is 3. The Kier molecular flexibility index (Phi) is 7.55. The Balaban J connectivity index is 1.77. The van der Waals surface area contributed by atoms with Crippen LogP contribution >= 0.6 is 0 Å². The zero-order valence-corrected chi connectivity index (χ0v) is 16.6. The molecule has 28 heavy (non-hydrogen) atoms. The fourth-order valence-electron chi connectivity index (χ4n) is 3.32. The van der Waals surface area contributed by atoms with E-state index >= 15 is 0 Å². The Hall–Kier alpha value is -1.55. The van der Waals surface area contributed by atoms with Crippen LogP contribution < -0.4 is 10.6 Å². The summed E-state index contributed by atoms with van der Waals surface area (Å²) < 4.78 is 48.7. The highest BCUT2D eigenvalue weighted by molar-refractivity contribution is 5.82. The highest BCUT2D eigenvalue weighted by Crippen LogP contribution is 2.20. The highest BCUT2D eigenvalue weighted by Gasteiger charge is 2.41. The van der Waals surface area contributed by atoms with E-state index in [1.54, 1.807) is 4.90 Å². The third kappa shape index (κ3) is 7.12. The van der Waals surface area contributed by atoms with Gasteiger partial charge in [0, 0.05) is 19.1 Å². The standard InChI is InChI=1S/C18H30F3N3O4/c1-17(2,3)28-16(26)24-9-6-12(7-10-24)27-11-14-13(5-4-8-22-14)23-15(25)18(19,20)21/h12-14,22H,4-11H2,1-3H3,(H,23,25). The van der Waals surface area contributed by atoms with Gasteiger partial charge in [-0.1, -0.05) is 0 Å². The minimum absolute atomic E-state index is 0.0821. The van der Waals surface area contributed by atoms with Crippen LogP contribution in [0.3, 0.4) is 0 Å². The van der Waals surface area contributed by atoms with E-state index in [-0.39, 0.29) is 24.8 Å². The first-order chi connectivity index (χ1) is 13.0. The number of carbonyl (C=O) groups is 2. The van der Waals surface area contributed by atoms with Gasteiger partial charge < -0.3 is 25.0 Å². The summed E-state index contributed by atoms with van der Waals surface area (Å²) in [6.45, 7) is 7.32. The number of piperidine rings is 2. The predicted octanol–water partition coefficient (Wildman–Crippen LogP) is 2.20. The lowest BCUT2D eigenvalue weighted by Gasteiger charge is -2.36. The summed E-state index contributed by atoms with van der Waals surface area (Å²) >= 11 is 0. The van der Waals surface area contributed by atoms with Gasteiger partial charge in [0.15, 0.2) is 0 Å². The van der Waals surface area contributed by atoms with Crippen LogP contribution in [-0.4, -0.2) is 73.1 Å². The molecule has 2 aliphatic rings. The van der Waals surface area contributed by atoms with E-state index in [9.17, 15) is 22.8 Å². The van der Waals surface area contributed by atoms with Crippen LogP contribution in [0, 0.1) is 0 Å². The molecule has 2 N–H and O–H groups in total. The van der Waals surface area contributed by atoms with Crippen LogP contribution in [0.2, 0.25) is 0 Å². The number of nitrogens with one attached hydrogen (secondary N) is 2. The molecule has 2 heterocycles. The fraction of sp³-hybridized carbons (Fsp3) is 0.889. The lowest BCUT2D eigenvalue weighted by molar-refractivity contribution is -0.175. The van der Waals surface area contributed by atoms with Crippen molar-refractivity contribution in [1.29, 1.82) is 0 Å². The second-order valence-corrected chi connectivity index (χ2v) is 8.28. The van der Waals surface area contributed by atoms with Gasteiger partial charge >= 0.3 is 18.2 Å². The van der Waals surface area contributed by atoms with Gasteiger partial charge in [0.1, 0.15) is 5.60 Å². The smallest absolute Gasteiger partial charge is 0.444 e. The van der Waals surface area contributed by atoms with E-state index in [0.29, 0.717) is 45.3 Å². The molecular formula is C18H30F3N3O4. The molecule has 0 aromatic heterocycles. The number of likely N-dealkylation sites (tertiary alicyclic amines) is 1. The molecule has 0 saturated carbocycles. The first kappa shape index (κ1) is 22.7. The Morgan fingerprint density at radius 1 is 1.14 bits per heavy atom. The summed E-state index contributed by atoms with van der Waals surface area (Å²) in [6.07, 6.45) is -2.90. The molecule has 10 heteroatoms. The zero-order valence-electron chi connectivity index (χ0n) is 16.6. The number of rotatable bonds is 4. The van der Waals surface area contributed by atoms with Gasteiger partial charge in [-0.05, 0) is 53.0 Å². The quantitative estimate of drug-likeness (QED) is 0.744. The van der Waals surface area contributed by atoms with Gasteiger partial charge in [-0.2, -0.15) is 13.2 Å². The van der Waals surface area contributed by atoms with Crippen LogP contribution in [-0.2, 0) is 14.3 Å². The number of nitrogens with zero attached hydrogens (tertiary/aromatic N) is 1. The van der Waals surface area contributed by atoms with E-state index in [0.717, 1.165) is 0 Å². The van der Waals surface area contributed by atoms with Crippen molar-refractivity contribution in [3.8, 4) is 0 Å². The molecule has 2 amide bonds. The van der Waals surface area contributed by atoms with Gasteiger partial charge in [0.2, 0.25) is 0 Å². The maximum Gasteiger partial charge on any atom is 0.471 e. The lowest BCUT2D eigenvalue weighted by Crippen LogP contribution is -2.57. The average Bonchev–Trinajstić information content (AvgIpc) is 2.59. The van der Waals surface area contributed by atoms with E-state index in [1.165, 1.54) is 0 Å². The molecule has 2 fully saturated rings. The predicted molar refractivity (Wildman–Crippen MR) is 95.8 cm³/mol. The van der Waals surface area contributed by atoms with Crippen molar-refractivity contribution in [2.24, 2.45) is 0 Å². The third-order valence-corrected chi connectivity index (χ3v) is 4.76. The Morgan fingerprint density at radius 3 is 2.36 bits per heavy atom. The topological polar surface area (TPSA) is 79.9 Å². The first-order valence-corrected chi connectivity index (χ1v) is 9.66. The molecule has 2 rings (SSSR count). The summed E-state index contributed by atoms with van der Waals surface area (Å²) in [5.74, 6) is -1.92. The summed E-state index contributed by atoms with van der Waals surface area (Å²) in [5, 5.41) is 5.19. The molecule has 0 bridgehead atoms. The normalized spacial score (nSPS) is 24.7. The number of alkyl halides is 3. The number of hydrogen-bond acceptors (Lipinski definition) is 5. The molecule has 0 radical (unpaired) electrons. The number of carbonyl (C=O) groups excluding carboxylic acids is 2. The largest absolute Gasteiger partial charge is 0.471 e. The molecule has 7 nitrogen and oxygen atoms in total. The molecular weight excluding hydrogens is 379 g/mol. The van der Waals surface area contributed by atoms with Gasteiger partial charge in [0.25, 0.3) is 0 Å². The van der Waals surface area contributed by atoms with Crippen molar-refractivity contribution in [1.82, 2.24) is 15.5 Å². The lowest BCUT2D eigenvalue weighted by atomic mass is 9.98. The highest BCUT2D eigenvalue weighted by atomic mass is 19.4. The van der Waals surface area contributed by atoms with Crippen LogP contribution in [0.1, 0.15) is 46.5 Å². The van der Waals surface area contributed by atoms with Crippen LogP contribution in [0.4, 0.5) is 18.0 Å². The van der Waals surface area contributed by atoms with E-state index < -0.39 is 23.7 Å². The number of amides is 2. The van der Waals surface area contributed by atoms with E-state index in [4.69, 9.17) is 9.47 Å². The molecule has 2 atom stereocenters. The molecule has 0 spiro atoms. The minimum atomic E-state index is -4.89. The van der Waals surface area contributed by atoms with Gasteiger partial charge in [0.05, 0.1) is 18.8 Å². The maximum absolute atomic E-state index is 12.5. The van der Waals surface area contributed by atoms with Crippen molar-refractivity contribution in [2.45, 2.75) is 76.4 Å². The summed E-state index contributed by atoms with van der Waals surface area (Å²) in [7, 11) is 0. The summed E-state index contributed by atoms with van der Waals surface area (Å²) in [4.78, 5) is 24.9. The SMILES string of the molecule is CC(C)(C)OC(=O)N1CCC(OCC2NCCCC2NC(=O)C(F)(F)F)CC1. The summed E-state index contributed by atoms with van der Waals surface area (Å²) in [6, 6.07) is -0.992. The molecule has 2 unspecified atom stereocenters. The van der Waals surface area contributed by atoms with Gasteiger partial charge in [-0.25, -0.2) is 4.79 Å². The molecule has 162 valence electrons. The Morgan fingerprint density at radius 2 is 1.79 bits per heavy atom. The second kappa shape index (κ2) is 9.30. The Bertz CT molecular complexity index is 543. The van der Waals surface area contributed by atoms with E-state index in [2.05, 4.69) is 10.6 Å². The van der Waals surface area contributed by atoms with E-state index in [1.807, 2.05) is 20.8 Å². The Labute approximate surface area is 163 Å². The van der Waals surface area contributed by atoms with Crippen molar-refractivity contribution >= 4 is 12.0 Å².